The Morgan fingerprint density at radius 2 is 2.20 bits per heavy atom. The Morgan fingerprint density at radius 1 is 1.40 bits per heavy atom. The van der Waals surface area contributed by atoms with E-state index in [0.29, 0.717) is 0 Å². The molecular formula is C8H16OSi. The van der Waals surface area contributed by atoms with Crippen molar-refractivity contribution in [2.24, 2.45) is 0 Å². The number of hydrogen-bond acceptors (Lipinski definition) is 1. The maximum Gasteiger partial charge on any atom is 0.235 e. The Labute approximate surface area is 66.1 Å². The van der Waals surface area contributed by atoms with Crippen LogP contribution in [0.25, 0.3) is 0 Å². The first-order valence-corrected chi connectivity index (χ1v) is 5.59. The summed E-state index contributed by atoms with van der Waals surface area (Å²) in [7, 11) is -0.294. The minimum atomic E-state index is -0.294. The zero-order chi connectivity index (χ0) is 7.66. The van der Waals surface area contributed by atoms with Crippen molar-refractivity contribution < 1.29 is 4.43 Å². The molecule has 0 heterocycles. The molecule has 0 unspecified atom stereocenters. The topological polar surface area (TPSA) is 9.23 Å². The first-order chi connectivity index (χ1) is 4.91. The fourth-order valence-corrected chi connectivity index (χ4v) is 1.65. The van der Waals surface area contributed by atoms with Crippen LogP contribution in [-0.4, -0.2) is 9.76 Å². The Balaban J connectivity index is 2.90. The predicted octanol–water partition coefficient (Wildman–Crippen LogP) is 1.68. The fraction of sp³-hybridized carbons (Fsp3) is 0.750. The summed E-state index contributed by atoms with van der Waals surface area (Å²) in [6.07, 6.45) is 6.19. The van der Waals surface area contributed by atoms with Crippen LogP contribution in [0.15, 0.2) is 0 Å². The van der Waals surface area contributed by atoms with E-state index in [9.17, 15) is 0 Å². The summed E-state index contributed by atoms with van der Waals surface area (Å²) in [5.41, 5.74) is 0. The van der Waals surface area contributed by atoms with E-state index >= 15 is 0 Å². The molecule has 0 aliphatic carbocycles. The molecule has 58 valence electrons. The third kappa shape index (κ3) is 7.58. The lowest BCUT2D eigenvalue weighted by molar-refractivity contribution is 0.550. The zero-order valence-corrected chi connectivity index (χ0v) is 8.36. The summed E-state index contributed by atoms with van der Waals surface area (Å²) < 4.78 is 5.15. The summed E-state index contributed by atoms with van der Waals surface area (Å²) in [4.78, 5) is 0. The fourth-order valence-electron chi connectivity index (χ4n) is 0.598. The highest BCUT2D eigenvalue weighted by atomic mass is 28.2. The van der Waals surface area contributed by atoms with Gasteiger partial charge in [-0.25, -0.2) is 0 Å². The van der Waals surface area contributed by atoms with E-state index < -0.39 is 0 Å². The van der Waals surface area contributed by atoms with Gasteiger partial charge in [-0.05, 0) is 6.04 Å². The number of hydrogen-bond donors (Lipinski definition) is 0. The molecule has 2 heteroatoms. The Kier molecular flexibility index (Phi) is 8.21. The average Bonchev–Trinajstić information content (AvgIpc) is 1.97. The van der Waals surface area contributed by atoms with Gasteiger partial charge in [0.1, 0.15) is 0 Å². The van der Waals surface area contributed by atoms with Crippen LogP contribution in [0.2, 0.25) is 6.04 Å². The zero-order valence-electron chi connectivity index (χ0n) is 6.94. The molecule has 0 aliphatic heterocycles. The van der Waals surface area contributed by atoms with Gasteiger partial charge in [-0.1, -0.05) is 32.6 Å². The summed E-state index contributed by atoms with van der Waals surface area (Å²) in [5.74, 6) is 2.89. The summed E-state index contributed by atoms with van der Waals surface area (Å²) in [6.45, 7) is 4.23. The second-order valence-corrected chi connectivity index (χ2v) is 3.59. The van der Waals surface area contributed by atoms with E-state index in [2.05, 4.69) is 19.0 Å². The lowest BCUT2D eigenvalue weighted by Crippen LogP contribution is -1.90. The molecule has 10 heavy (non-hydrogen) atoms. The molecular weight excluding hydrogens is 140 g/mol. The minimum Gasteiger partial charge on any atom is -0.508 e. The predicted molar refractivity (Wildman–Crippen MR) is 47.4 cm³/mol. The maximum absolute atomic E-state index is 5.15. The van der Waals surface area contributed by atoms with E-state index in [1.807, 2.05) is 6.92 Å². The minimum absolute atomic E-state index is 0.294. The summed E-state index contributed by atoms with van der Waals surface area (Å²) in [6, 6.07) is 1.27. The van der Waals surface area contributed by atoms with Crippen molar-refractivity contribution in [3.63, 3.8) is 0 Å². The monoisotopic (exact) mass is 156 g/mol. The van der Waals surface area contributed by atoms with Crippen molar-refractivity contribution in [3.8, 4) is 12.0 Å². The standard InChI is InChI=1S/C8H16OSi/c1-3-5-7-9-10-8-6-4-2/h3-4,6,8,10H2,1-2H3. The molecule has 0 N–H and O–H groups in total. The molecule has 0 fully saturated rings. The lowest BCUT2D eigenvalue weighted by atomic mass is 10.4. The second-order valence-electron chi connectivity index (χ2n) is 2.19. The van der Waals surface area contributed by atoms with Crippen LogP contribution in [0.3, 0.4) is 0 Å². The van der Waals surface area contributed by atoms with Gasteiger partial charge in [-0.3, -0.25) is 0 Å². The first-order valence-electron chi connectivity index (χ1n) is 4.01. The third-order valence-corrected chi connectivity index (χ3v) is 2.31. The van der Waals surface area contributed by atoms with Crippen molar-refractivity contribution in [3.05, 3.63) is 0 Å². The van der Waals surface area contributed by atoms with Crippen LogP contribution in [-0.2, 0) is 4.43 Å². The third-order valence-electron chi connectivity index (χ3n) is 1.17. The van der Waals surface area contributed by atoms with E-state index in [0.717, 1.165) is 6.42 Å². The lowest BCUT2D eigenvalue weighted by Gasteiger charge is -1.93. The number of unbranched alkanes of at least 4 members (excludes halogenated alkanes) is 1. The van der Waals surface area contributed by atoms with E-state index in [1.165, 1.54) is 18.9 Å². The average molecular weight is 156 g/mol. The molecule has 0 saturated heterocycles. The van der Waals surface area contributed by atoms with E-state index in [4.69, 9.17) is 4.43 Å². The van der Waals surface area contributed by atoms with Gasteiger partial charge in [0.25, 0.3) is 0 Å². The molecule has 1 nitrogen and oxygen atoms in total. The Bertz CT molecular complexity index is 112. The highest BCUT2D eigenvalue weighted by molar-refractivity contribution is 6.27. The summed E-state index contributed by atoms with van der Waals surface area (Å²) >= 11 is 0. The van der Waals surface area contributed by atoms with Crippen molar-refractivity contribution in [1.29, 1.82) is 0 Å². The van der Waals surface area contributed by atoms with Gasteiger partial charge in [0.15, 0.2) is 0 Å². The molecule has 0 aromatic rings. The SMILES string of the molecule is CCC#CO[SiH2]CCCC. The molecule has 0 atom stereocenters. The smallest absolute Gasteiger partial charge is 0.235 e. The van der Waals surface area contributed by atoms with Crippen molar-refractivity contribution >= 4 is 9.76 Å². The van der Waals surface area contributed by atoms with Crippen LogP contribution in [0.1, 0.15) is 33.1 Å². The quantitative estimate of drug-likeness (QED) is 0.342. The molecule has 0 radical (unpaired) electrons. The van der Waals surface area contributed by atoms with Gasteiger partial charge < -0.3 is 4.43 Å². The van der Waals surface area contributed by atoms with Gasteiger partial charge in [0.2, 0.25) is 9.76 Å². The van der Waals surface area contributed by atoms with Crippen LogP contribution < -0.4 is 0 Å². The molecule has 0 saturated carbocycles. The van der Waals surface area contributed by atoms with Gasteiger partial charge in [0.05, 0.1) is 6.11 Å². The molecule has 0 rings (SSSR count). The van der Waals surface area contributed by atoms with Crippen LogP contribution >= 0.6 is 0 Å². The molecule has 0 spiro atoms. The van der Waals surface area contributed by atoms with Crippen LogP contribution in [0, 0.1) is 12.0 Å². The van der Waals surface area contributed by atoms with Crippen molar-refractivity contribution in [1.82, 2.24) is 0 Å². The van der Waals surface area contributed by atoms with Crippen molar-refractivity contribution in [2.45, 2.75) is 39.2 Å². The van der Waals surface area contributed by atoms with Crippen LogP contribution in [0.5, 0.6) is 0 Å². The summed E-state index contributed by atoms with van der Waals surface area (Å²) in [5, 5.41) is 0. The van der Waals surface area contributed by atoms with Gasteiger partial charge in [-0.15, -0.1) is 0 Å². The van der Waals surface area contributed by atoms with Gasteiger partial charge >= 0.3 is 0 Å². The Morgan fingerprint density at radius 3 is 2.80 bits per heavy atom. The normalized spacial score (nSPS) is 9.40. The molecule has 0 amide bonds. The highest BCUT2D eigenvalue weighted by Gasteiger charge is 1.84. The number of rotatable bonds is 4. The van der Waals surface area contributed by atoms with Gasteiger partial charge in [0, 0.05) is 6.42 Å². The van der Waals surface area contributed by atoms with Crippen molar-refractivity contribution in [2.75, 3.05) is 0 Å². The first kappa shape index (κ1) is 9.58. The van der Waals surface area contributed by atoms with E-state index in [-0.39, 0.29) is 9.76 Å². The largest absolute Gasteiger partial charge is 0.508 e. The maximum atomic E-state index is 5.15. The second kappa shape index (κ2) is 8.58. The van der Waals surface area contributed by atoms with E-state index in [1.54, 1.807) is 0 Å². The highest BCUT2D eigenvalue weighted by Crippen LogP contribution is 1.92. The molecule has 0 aliphatic rings. The molecule has 0 aromatic heterocycles. The van der Waals surface area contributed by atoms with Crippen LogP contribution in [0.4, 0.5) is 0 Å². The van der Waals surface area contributed by atoms with Gasteiger partial charge in [-0.2, -0.15) is 0 Å². The Hall–Kier alpha value is -0.423. The molecule has 0 aromatic carbocycles. The molecule has 0 bridgehead atoms.